The molecule has 0 saturated carbocycles. The lowest BCUT2D eigenvalue weighted by Crippen LogP contribution is -2.19. The summed E-state index contributed by atoms with van der Waals surface area (Å²) in [7, 11) is 0. The molecule has 0 fully saturated rings. The Hall–Kier alpha value is -2.76. The van der Waals surface area contributed by atoms with E-state index in [-0.39, 0.29) is 23.4 Å². The first-order valence-electron chi connectivity index (χ1n) is 7.51. The molecule has 1 amide bonds. The zero-order valence-corrected chi connectivity index (χ0v) is 13.5. The van der Waals surface area contributed by atoms with Crippen LogP contribution < -0.4 is 10.6 Å². The summed E-state index contributed by atoms with van der Waals surface area (Å²) in [5.74, 6) is 0.0213. The van der Waals surface area contributed by atoms with Crippen molar-refractivity contribution >= 4 is 23.3 Å². The molecule has 1 aromatic carbocycles. The fourth-order valence-electron chi connectivity index (χ4n) is 1.89. The number of nitrogens with zero attached hydrogens (tertiary/aromatic N) is 2. The van der Waals surface area contributed by atoms with Gasteiger partial charge in [0.2, 0.25) is 5.95 Å². The highest BCUT2D eigenvalue weighted by Gasteiger charge is 2.11. The number of carbonyl (C=O) groups is 2. The first-order valence-corrected chi connectivity index (χ1v) is 7.51. The molecule has 2 aromatic rings. The van der Waals surface area contributed by atoms with Gasteiger partial charge in [-0.3, -0.25) is 9.59 Å². The highest BCUT2D eigenvalue weighted by atomic mass is 16.2. The summed E-state index contributed by atoms with van der Waals surface area (Å²) >= 11 is 0. The predicted octanol–water partition coefficient (Wildman–Crippen LogP) is 3.14. The Morgan fingerprint density at radius 2 is 2.04 bits per heavy atom. The third-order valence-electron chi connectivity index (χ3n) is 3.40. The lowest BCUT2D eigenvalue weighted by atomic mass is 10.1. The van der Waals surface area contributed by atoms with Crippen molar-refractivity contribution in [2.24, 2.45) is 0 Å². The standard InChI is InChI=1S/C17H20N4O2/c1-4-11(2)19-17-18-9-8-15(21-17)16(23)20-14-7-5-6-13(10-14)12(3)22/h5-11H,4H2,1-3H3,(H,20,23)(H,18,19,21). The van der Waals surface area contributed by atoms with Gasteiger partial charge in [-0.15, -0.1) is 0 Å². The van der Waals surface area contributed by atoms with Crippen LogP contribution in [0.4, 0.5) is 11.6 Å². The summed E-state index contributed by atoms with van der Waals surface area (Å²) in [4.78, 5) is 32.0. The molecule has 0 saturated heterocycles. The molecular formula is C17H20N4O2. The third kappa shape index (κ3) is 4.60. The van der Waals surface area contributed by atoms with Crippen molar-refractivity contribution in [1.29, 1.82) is 0 Å². The molecule has 1 aromatic heterocycles. The molecule has 120 valence electrons. The minimum atomic E-state index is -0.347. The van der Waals surface area contributed by atoms with E-state index in [1.807, 2.05) is 6.92 Å². The first-order chi connectivity index (χ1) is 11.0. The molecule has 0 spiro atoms. The van der Waals surface area contributed by atoms with E-state index in [2.05, 4.69) is 27.5 Å². The van der Waals surface area contributed by atoms with Crippen LogP contribution in [0, 0.1) is 0 Å². The fraction of sp³-hybridized carbons (Fsp3) is 0.294. The van der Waals surface area contributed by atoms with Crippen molar-refractivity contribution in [3.8, 4) is 0 Å². The minimum absolute atomic E-state index is 0.0526. The van der Waals surface area contributed by atoms with Crippen LogP contribution >= 0.6 is 0 Å². The molecule has 0 radical (unpaired) electrons. The number of hydrogen-bond donors (Lipinski definition) is 2. The van der Waals surface area contributed by atoms with Gasteiger partial charge in [0.1, 0.15) is 5.69 Å². The summed E-state index contributed by atoms with van der Waals surface area (Å²) in [5, 5.41) is 5.87. The predicted molar refractivity (Wildman–Crippen MR) is 89.8 cm³/mol. The van der Waals surface area contributed by atoms with Gasteiger partial charge in [0, 0.05) is 23.5 Å². The average molecular weight is 312 g/mol. The fourth-order valence-corrected chi connectivity index (χ4v) is 1.89. The zero-order valence-electron chi connectivity index (χ0n) is 13.5. The Morgan fingerprint density at radius 3 is 2.74 bits per heavy atom. The second-order valence-electron chi connectivity index (χ2n) is 5.31. The number of nitrogens with one attached hydrogen (secondary N) is 2. The number of anilines is 2. The number of ketones is 1. The maximum absolute atomic E-state index is 12.3. The quantitative estimate of drug-likeness (QED) is 0.801. The molecule has 1 atom stereocenters. The normalized spacial score (nSPS) is 11.6. The molecule has 2 rings (SSSR count). The van der Waals surface area contributed by atoms with Crippen LogP contribution in [0.25, 0.3) is 0 Å². The summed E-state index contributed by atoms with van der Waals surface area (Å²) in [6.07, 6.45) is 2.47. The van der Waals surface area contributed by atoms with Gasteiger partial charge < -0.3 is 10.6 Å². The average Bonchev–Trinajstić information content (AvgIpc) is 2.55. The maximum atomic E-state index is 12.3. The topological polar surface area (TPSA) is 84.0 Å². The van der Waals surface area contributed by atoms with Gasteiger partial charge in [0.25, 0.3) is 5.91 Å². The van der Waals surface area contributed by atoms with Crippen LogP contribution in [0.5, 0.6) is 0 Å². The molecule has 6 nitrogen and oxygen atoms in total. The number of carbonyl (C=O) groups excluding carboxylic acids is 2. The molecule has 0 aliphatic heterocycles. The molecule has 6 heteroatoms. The summed E-state index contributed by atoms with van der Waals surface area (Å²) in [6, 6.07) is 8.56. The van der Waals surface area contributed by atoms with Gasteiger partial charge in [0.15, 0.2) is 5.78 Å². The van der Waals surface area contributed by atoms with Crippen LogP contribution in [0.15, 0.2) is 36.5 Å². The van der Waals surface area contributed by atoms with Gasteiger partial charge in [0.05, 0.1) is 0 Å². The van der Waals surface area contributed by atoms with Crippen molar-refractivity contribution in [1.82, 2.24) is 9.97 Å². The maximum Gasteiger partial charge on any atom is 0.274 e. The summed E-state index contributed by atoms with van der Waals surface area (Å²) in [5.41, 5.74) is 1.36. The lowest BCUT2D eigenvalue weighted by Gasteiger charge is -2.11. The van der Waals surface area contributed by atoms with Crippen LogP contribution in [0.2, 0.25) is 0 Å². The van der Waals surface area contributed by atoms with E-state index in [0.29, 0.717) is 17.2 Å². The van der Waals surface area contributed by atoms with Crippen molar-refractivity contribution in [3.05, 3.63) is 47.8 Å². The van der Waals surface area contributed by atoms with Gasteiger partial charge in [-0.05, 0) is 38.5 Å². The number of rotatable bonds is 6. The smallest absolute Gasteiger partial charge is 0.274 e. The van der Waals surface area contributed by atoms with Crippen molar-refractivity contribution in [2.45, 2.75) is 33.2 Å². The van der Waals surface area contributed by atoms with Crippen molar-refractivity contribution in [2.75, 3.05) is 10.6 Å². The number of amides is 1. The Morgan fingerprint density at radius 1 is 1.26 bits per heavy atom. The third-order valence-corrected chi connectivity index (χ3v) is 3.40. The van der Waals surface area contributed by atoms with E-state index in [4.69, 9.17) is 0 Å². The van der Waals surface area contributed by atoms with E-state index in [1.165, 1.54) is 6.92 Å². The van der Waals surface area contributed by atoms with Gasteiger partial charge in [-0.25, -0.2) is 9.97 Å². The second kappa shape index (κ2) is 7.49. The molecule has 0 aliphatic carbocycles. The number of aromatic nitrogens is 2. The highest BCUT2D eigenvalue weighted by Crippen LogP contribution is 2.13. The Labute approximate surface area is 135 Å². The molecule has 0 aliphatic rings. The molecule has 23 heavy (non-hydrogen) atoms. The number of benzene rings is 1. The highest BCUT2D eigenvalue weighted by molar-refractivity contribution is 6.04. The van der Waals surface area contributed by atoms with Gasteiger partial charge in [-0.2, -0.15) is 0 Å². The SMILES string of the molecule is CCC(C)Nc1nccc(C(=O)Nc2cccc(C(C)=O)c2)n1. The largest absolute Gasteiger partial charge is 0.352 e. The Bertz CT molecular complexity index is 715. The second-order valence-corrected chi connectivity index (χ2v) is 5.31. The molecule has 1 heterocycles. The van der Waals surface area contributed by atoms with Gasteiger partial charge in [-0.1, -0.05) is 19.1 Å². The first kappa shape index (κ1) is 16.6. The van der Waals surface area contributed by atoms with Crippen LogP contribution in [0.3, 0.4) is 0 Å². The molecule has 2 N–H and O–H groups in total. The van der Waals surface area contributed by atoms with E-state index < -0.39 is 0 Å². The molecule has 0 bridgehead atoms. The molecular weight excluding hydrogens is 292 g/mol. The zero-order chi connectivity index (χ0) is 16.8. The minimum Gasteiger partial charge on any atom is -0.352 e. The summed E-state index contributed by atoms with van der Waals surface area (Å²) in [6.45, 7) is 5.55. The van der Waals surface area contributed by atoms with E-state index >= 15 is 0 Å². The monoisotopic (exact) mass is 312 g/mol. The van der Waals surface area contributed by atoms with Crippen molar-refractivity contribution in [3.63, 3.8) is 0 Å². The van der Waals surface area contributed by atoms with E-state index in [1.54, 1.807) is 36.5 Å². The van der Waals surface area contributed by atoms with E-state index in [9.17, 15) is 9.59 Å². The number of Topliss-reactive ketones (excluding diaryl/α,β-unsaturated/α-hetero) is 1. The van der Waals surface area contributed by atoms with Crippen molar-refractivity contribution < 1.29 is 9.59 Å². The van der Waals surface area contributed by atoms with Crippen LogP contribution in [0.1, 0.15) is 48.0 Å². The van der Waals surface area contributed by atoms with Gasteiger partial charge >= 0.3 is 0 Å². The number of hydrogen-bond acceptors (Lipinski definition) is 5. The van der Waals surface area contributed by atoms with Crippen LogP contribution in [-0.4, -0.2) is 27.7 Å². The lowest BCUT2D eigenvalue weighted by molar-refractivity contribution is 0.100. The Balaban J connectivity index is 2.13. The van der Waals surface area contributed by atoms with Crippen LogP contribution in [-0.2, 0) is 0 Å². The Kier molecular flexibility index (Phi) is 5.41. The van der Waals surface area contributed by atoms with E-state index in [0.717, 1.165) is 6.42 Å². The summed E-state index contributed by atoms with van der Waals surface area (Å²) < 4.78 is 0. The molecule has 1 unspecified atom stereocenters.